The molecule has 0 aliphatic carbocycles. The summed E-state index contributed by atoms with van der Waals surface area (Å²) in [7, 11) is 0. The summed E-state index contributed by atoms with van der Waals surface area (Å²) < 4.78 is 0. The van der Waals surface area contributed by atoms with Crippen LogP contribution in [0.15, 0.2) is 54.6 Å². The first-order valence-electron chi connectivity index (χ1n) is 6.86. The lowest BCUT2D eigenvalue weighted by Gasteiger charge is -2.13. The highest BCUT2D eigenvalue weighted by atomic mass is 16.4. The Bertz CT molecular complexity index is 768. The number of carboxylic acid groups (broad SMARTS) is 2. The first-order chi connectivity index (χ1) is 11.4. The van der Waals surface area contributed by atoms with Crippen molar-refractivity contribution < 1.29 is 29.4 Å². The van der Waals surface area contributed by atoms with Gasteiger partial charge in [0.15, 0.2) is 0 Å². The van der Waals surface area contributed by atoms with E-state index in [1.54, 1.807) is 18.2 Å². The van der Waals surface area contributed by atoms with Gasteiger partial charge in [0.2, 0.25) is 11.6 Å². The number of nitrogens with zero attached hydrogens (tertiary/aromatic N) is 1. The smallest absolute Gasteiger partial charge is 0.417 e. The van der Waals surface area contributed by atoms with Crippen LogP contribution >= 0.6 is 0 Å². The largest absolute Gasteiger partial charge is 0.465 e. The number of hydrogen-bond acceptors (Lipinski definition) is 4. The Morgan fingerprint density at radius 2 is 1.17 bits per heavy atom. The Balaban J connectivity index is 2.14. The average molecular weight is 327 g/mol. The van der Waals surface area contributed by atoms with Gasteiger partial charge in [-0.25, -0.2) is 14.5 Å². The first kappa shape index (κ1) is 16.9. The van der Waals surface area contributed by atoms with Gasteiger partial charge in [-0.05, 0) is 5.56 Å². The Morgan fingerprint density at radius 3 is 1.62 bits per heavy atom. The second-order valence-electron chi connectivity index (χ2n) is 4.87. The minimum Gasteiger partial charge on any atom is -0.465 e. The van der Waals surface area contributed by atoms with Crippen LogP contribution in [0.1, 0.15) is 26.3 Å². The minimum atomic E-state index is -1.60. The Labute approximate surface area is 136 Å². The monoisotopic (exact) mass is 327 g/mol. The number of amides is 2. The highest BCUT2D eigenvalue weighted by molar-refractivity contribution is 6.49. The van der Waals surface area contributed by atoms with Crippen molar-refractivity contribution >= 4 is 23.8 Å². The van der Waals surface area contributed by atoms with Crippen molar-refractivity contribution in [3.8, 4) is 0 Å². The molecule has 7 heteroatoms. The third kappa shape index (κ3) is 3.83. The summed E-state index contributed by atoms with van der Waals surface area (Å²) in [5, 5.41) is 17.6. The molecule has 2 amide bonds. The number of Topliss-reactive ketones (excluding diaryl/α,β-unsaturated/α-hetero) is 2. The van der Waals surface area contributed by atoms with E-state index in [1.165, 1.54) is 36.4 Å². The molecule has 0 aliphatic heterocycles. The van der Waals surface area contributed by atoms with Crippen LogP contribution in [0.3, 0.4) is 0 Å². The van der Waals surface area contributed by atoms with Crippen molar-refractivity contribution in [3.63, 3.8) is 0 Å². The zero-order valence-corrected chi connectivity index (χ0v) is 12.4. The predicted molar refractivity (Wildman–Crippen MR) is 83.1 cm³/mol. The van der Waals surface area contributed by atoms with E-state index in [1.807, 2.05) is 0 Å². The van der Waals surface area contributed by atoms with E-state index in [2.05, 4.69) is 0 Å². The van der Waals surface area contributed by atoms with Gasteiger partial charge in [0.1, 0.15) is 0 Å². The fourth-order valence-electron chi connectivity index (χ4n) is 2.01. The fraction of sp³-hybridized carbons (Fsp3) is 0.0588. The van der Waals surface area contributed by atoms with Crippen LogP contribution in [0, 0.1) is 0 Å². The van der Waals surface area contributed by atoms with Gasteiger partial charge in [-0.15, -0.1) is 0 Å². The van der Waals surface area contributed by atoms with Crippen LogP contribution < -0.4 is 0 Å². The second-order valence-corrected chi connectivity index (χ2v) is 4.87. The van der Waals surface area contributed by atoms with Crippen LogP contribution in [0.2, 0.25) is 0 Å². The summed E-state index contributed by atoms with van der Waals surface area (Å²) >= 11 is 0. The van der Waals surface area contributed by atoms with Crippen molar-refractivity contribution in [1.82, 2.24) is 4.90 Å². The molecule has 122 valence electrons. The molecule has 0 bridgehead atoms. The van der Waals surface area contributed by atoms with Gasteiger partial charge in [0.25, 0.3) is 0 Å². The van der Waals surface area contributed by atoms with Crippen molar-refractivity contribution in [2.75, 3.05) is 0 Å². The van der Waals surface area contributed by atoms with E-state index >= 15 is 0 Å². The van der Waals surface area contributed by atoms with Crippen LogP contribution in [-0.4, -0.2) is 38.9 Å². The number of imide groups is 1. The molecule has 2 aromatic carbocycles. The molecule has 0 saturated carbocycles. The quantitative estimate of drug-likeness (QED) is 0.645. The fourth-order valence-corrected chi connectivity index (χ4v) is 2.01. The zero-order valence-electron chi connectivity index (χ0n) is 12.4. The first-order valence-corrected chi connectivity index (χ1v) is 6.86. The molecule has 0 unspecified atom stereocenters. The second kappa shape index (κ2) is 7.19. The number of carbonyl (C=O) groups is 4. The van der Waals surface area contributed by atoms with Crippen molar-refractivity contribution in [2.45, 2.75) is 6.54 Å². The molecular formula is C17H13NO6. The van der Waals surface area contributed by atoms with Gasteiger partial charge in [0, 0.05) is 11.1 Å². The lowest BCUT2D eigenvalue weighted by Crippen LogP contribution is -2.33. The summed E-state index contributed by atoms with van der Waals surface area (Å²) in [5.74, 6) is -1.35. The molecule has 0 fully saturated rings. The molecule has 0 aliphatic rings. The van der Waals surface area contributed by atoms with E-state index in [4.69, 9.17) is 10.2 Å². The third-order valence-corrected chi connectivity index (χ3v) is 3.26. The van der Waals surface area contributed by atoms with Crippen LogP contribution in [-0.2, 0) is 6.54 Å². The number of benzene rings is 2. The Morgan fingerprint density at radius 1 is 0.708 bits per heavy atom. The maximum Gasteiger partial charge on any atom is 0.417 e. The van der Waals surface area contributed by atoms with Gasteiger partial charge < -0.3 is 10.2 Å². The maximum absolute atomic E-state index is 12.1. The average Bonchev–Trinajstić information content (AvgIpc) is 2.59. The van der Waals surface area contributed by atoms with Crippen LogP contribution in [0.5, 0.6) is 0 Å². The molecule has 0 atom stereocenters. The molecule has 0 radical (unpaired) electrons. The van der Waals surface area contributed by atoms with Crippen LogP contribution in [0.25, 0.3) is 0 Å². The lowest BCUT2D eigenvalue weighted by atomic mass is 10.0. The highest BCUT2D eigenvalue weighted by Crippen LogP contribution is 2.11. The molecule has 0 aromatic heterocycles. The summed E-state index contributed by atoms with van der Waals surface area (Å²) in [6.07, 6.45) is -3.19. The van der Waals surface area contributed by atoms with Gasteiger partial charge in [-0.3, -0.25) is 9.59 Å². The van der Waals surface area contributed by atoms with E-state index in [0.717, 1.165) is 0 Å². The summed E-state index contributed by atoms with van der Waals surface area (Å²) in [6.45, 7) is -0.369. The SMILES string of the molecule is O=C(C(=O)c1ccc(CN(C(=O)O)C(=O)O)cc1)c1ccccc1. The molecular weight excluding hydrogens is 314 g/mol. The van der Waals surface area contributed by atoms with E-state index in [0.29, 0.717) is 5.56 Å². The highest BCUT2D eigenvalue weighted by Gasteiger charge is 2.21. The number of ketones is 2. The zero-order chi connectivity index (χ0) is 17.7. The molecule has 7 nitrogen and oxygen atoms in total. The molecule has 2 aromatic rings. The minimum absolute atomic E-state index is 0.143. The lowest BCUT2D eigenvalue weighted by molar-refractivity contribution is 0.0817. The van der Waals surface area contributed by atoms with Gasteiger partial charge in [-0.2, -0.15) is 0 Å². The Kier molecular flexibility index (Phi) is 5.06. The maximum atomic E-state index is 12.1. The third-order valence-electron chi connectivity index (χ3n) is 3.26. The van der Waals surface area contributed by atoms with Crippen LogP contribution in [0.4, 0.5) is 9.59 Å². The number of rotatable bonds is 5. The van der Waals surface area contributed by atoms with Crippen molar-refractivity contribution in [1.29, 1.82) is 0 Å². The van der Waals surface area contributed by atoms with E-state index in [-0.39, 0.29) is 22.6 Å². The standard InChI is InChI=1S/C17H13NO6/c19-14(12-4-2-1-3-5-12)15(20)13-8-6-11(7-9-13)10-18(16(21)22)17(23)24/h1-9H,10H2,(H,21,22)(H,23,24). The predicted octanol–water partition coefficient (Wildman–Crippen LogP) is 2.91. The van der Waals surface area contributed by atoms with Crippen molar-refractivity contribution in [2.24, 2.45) is 0 Å². The molecule has 2 rings (SSSR count). The van der Waals surface area contributed by atoms with Gasteiger partial charge in [-0.1, -0.05) is 54.6 Å². The van der Waals surface area contributed by atoms with Crippen molar-refractivity contribution in [3.05, 3.63) is 71.3 Å². The molecule has 24 heavy (non-hydrogen) atoms. The molecule has 2 N–H and O–H groups in total. The molecule has 0 heterocycles. The normalized spacial score (nSPS) is 10.0. The number of hydrogen-bond donors (Lipinski definition) is 2. The van der Waals surface area contributed by atoms with Gasteiger partial charge >= 0.3 is 12.2 Å². The molecule has 0 saturated heterocycles. The summed E-state index contributed by atoms with van der Waals surface area (Å²) in [4.78, 5) is 46.1. The topological polar surface area (TPSA) is 112 Å². The van der Waals surface area contributed by atoms with E-state index in [9.17, 15) is 19.2 Å². The Hall–Kier alpha value is -3.48. The van der Waals surface area contributed by atoms with E-state index < -0.39 is 23.8 Å². The van der Waals surface area contributed by atoms with Gasteiger partial charge in [0.05, 0.1) is 6.54 Å². The summed E-state index contributed by atoms with van der Waals surface area (Å²) in [6, 6.07) is 13.6. The summed E-state index contributed by atoms with van der Waals surface area (Å²) in [5.41, 5.74) is 0.794. The molecule has 0 spiro atoms. The number of carbonyl (C=O) groups excluding carboxylic acids is 2.